The Kier molecular flexibility index (Phi) is 5.59. The first-order chi connectivity index (χ1) is 8.03. The van der Waals surface area contributed by atoms with Gasteiger partial charge in [-0.05, 0) is 42.5 Å². The monoisotopic (exact) mass is 239 g/mol. The highest BCUT2D eigenvalue weighted by atomic mass is 19.1. The molecule has 0 amide bonds. The molecular weight excluding hydrogens is 217 g/mol. The molecule has 0 aliphatic rings. The lowest BCUT2D eigenvalue weighted by atomic mass is 9.89. The Bertz CT molecular complexity index is 321. The molecule has 0 aliphatic heterocycles. The number of hydrogen-bond donors (Lipinski definition) is 2. The van der Waals surface area contributed by atoms with Gasteiger partial charge < -0.3 is 10.4 Å². The van der Waals surface area contributed by atoms with E-state index in [1.54, 1.807) is 12.1 Å². The van der Waals surface area contributed by atoms with E-state index in [2.05, 4.69) is 19.2 Å². The van der Waals surface area contributed by atoms with Gasteiger partial charge in [-0.25, -0.2) is 4.39 Å². The lowest BCUT2D eigenvalue weighted by Crippen LogP contribution is -2.20. The fraction of sp³-hybridized carbons (Fsp3) is 0.571. The summed E-state index contributed by atoms with van der Waals surface area (Å²) < 4.78 is 12.7. The Morgan fingerprint density at radius 1 is 1.24 bits per heavy atom. The smallest absolute Gasteiger partial charge is 0.123 e. The molecule has 3 heteroatoms. The molecule has 0 bridgehead atoms. The van der Waals surface area contributed by atoms with Crippen LogP contribution in [0.1, 0.15) is 32.3 Å². The standard InChI is InChI=1S/C14H22FNO/c1-14(2,11-17)8-3-9-16-10-12-4-6-13(15)7-5-12/h4-7,16-17H,3,8-11H2,1-2H3. The van der Waals surface area contributed by atoms with E-state index in [4.69, 9.17) is 5.11 Å². The molecule has 2 N–H and O–H groups in total. The number of aliphatic hydroxyl groups excluding tert-OH is 1. The topological polar surface area (TPSA) is 32.3 Å². The van der Waals surface area contributed by atoms with Crippen molar-refractivity contribution in [3.63, 3.8) is 0 Å². The predicted molar refractivity (Wildman–Crippen MR) is 68.2 cm³/mol. The molecule has 0 saturated heterocycles. The van der Waals surface area contributed by atoms with Gasteiger partial charge in [0.1, 0.15) is 5.82 Å². The van der Waals surface area contributed by atoms with Crippen molar-refractivity contribution in [2.75, 3.05) is 13.2 Å². The zero-order chi connectivity index (χ0) is 12.7. The second-order valence-corrected chi connectivity index (χ2v) is 5.23. The van der Waals surface area contributed by atoms with Gasteiger partial charge in [-0.3, -0.25) is 0 Å². The van der Waals surface area contributed by atoms with Gasteiger partial charge in [0, 0.05) is 13.2 Å². The van der Waals surface area contributed by atoms with Crippen molar-refractivity contribution in [1.82, 2.24) is 5.32 Å². The highest BCUT2D eigenvalue weighted by Crippen LogP contribution is 2.20. The lowest BCUT2D eigenvalue weighted by Gasteiger charge is -2.21. The van der Waals surface area contributed by atoms with Gasteiger partial charge in [0.05, 0.1) is 0 Å². The third kappa shape index (κ3) is 5.80. The summed E-state index contributed by atoms with van der Waals surface area (Å²) in [5.74, 6) is -0.196. The quantitative estimate of drug-likeness (QED) is 0.717. The Hall–Kier alpha value is -0.930. The van der Waals surface area contributed by atoms with Crippen molar-refractivity contribution in [3.8, 4) is 0 Å². The molecule has 0 atom stereocenters. The summed E-state index contributed by atoms with van der Waals surface area (Å²) >= 11 is 0. The van der Waals surface area contributed by atoms with Gasteiger partial charge in [0.2, 0.25) is 0 Å². The minimum Gasteiger partial charge on any atom is -0.396 e. The van der Waals surface area contributed by atoms with Crippen LogP contribution in [-0.2, 0) is 6.54 Å². The molecule has 0 fully saturated rings. The first-order valence-corrected chi connectivity index (χ1v) is 6.09. The van der Waals surface area contributed by atoms with Crippen LogP contribution in [0.2, 0.25) is 0 Å². The zero-order valence-electron chi connectivity index (χ0n) is 10.7. The molecule has 1 aromatic rings. The van der Waals surface area contributed by atoms with Crippen molar-refractivity contribution < 1.29 is 9.50 Å². The van der Waals surface area contributed by atoms with Crippen molar-refractivity contribution in [2.45, 2.75) is 33.2 Å². The maximum absolute atomic E-state index is 12.7. The molecule has 0 aromatic heterocycles. The average molecular weight is 239 g/mol. The second kappa shape index (κ2) is 6.72. The van der Waals surface area contributed by atoms with Gasteiger partial charge in [0.15, 0.2) is 0 Å². The maximum Gasteiger partial charge on any atom is 0.123 e. The average Bonchev–Trinajstić information content (AvgIpc) is 2.31. The number of halogens is 1. The van der Waals surface area contributed by atoms with Crippen molar-refractivity contribution in [2.24, 2.45) is 5.41 Å². The van der Waals surface area contributed by atoms with E-state index in [-0.39, 0.29) is 17.8 Å². The molecule has 0 radical (unpaired) electrons. The van der Waals surface area contributed by atoms with Crippen LogP contribution in [0.4, 0.5) is 4.39 Å². The summed E-state index contributed by atoms with van der Waals surface area (Å²) in [5, 5.41) is 12.4. The molecular formula is C14H22FNO. The number of benzene rings is 1. The van der Waals surface area contributed by atoms with Gasteiger partial charge in [0.25, 0.3) is 0 Å². The van der Waals surface area contributed by atoms with E-state index in [0.717, 1.165) is 31.5 Å². The maximum atomic E-state index is 12.7. The molecule has 0 heterocycles. The van der Waals surface area contributed by atoms with Gasteiger partial charge >= 0.3 is 0 Å². The fourth-order valence-corrected chi connectivity index (χ4v) is 1.61. The molecule has 0 aliphatic carbocycles. The second-order valence-electron chi connectivity index (χ2n) is 5.23. The lowest BCUT2D eigenvalue weighted by molar-refractivity contribution is 0.148. The van der Waals surface area contributed by atoms with E-state index >= 15 is 0 Å². The SMILES string of the molecule is CC(C)(CO)CCCNCc1ccc(F)cc1. The van der Waals surface area contributed by atoms with Crippen molar-refractivity contribution in [3.05, 3.63) is 35.6 Å². The normalized spacial score (nSPS) is 11.8. The summed E-state index contributed by atoms with van der Waals surface area (Å²) in [6.07, 6.45) is 2.04. The fourth-order valence-electron chi connectivity index (χ4n) is 1.61. The van der Waals surface area contributed by atoms with Crippen LogP contribution in [0.3, 0.4) is 0 Å². The highest BCUT2D eigenvalue weighted by Gasteiger charge is 2.14. The van der Waals surface area contributed by atoms with Crippen molar-refractivity contribution >= 4 is 0 Å². The molecule has 1 aromatic carbocycles. The molecule has 1 rings (SSSR count). The molecule has 0 spiro atoms. The van der Waals surface area contributed by atoms with E-state index in [1.807, 2.05) is 0 Å². The Labute approximate surface area is 103 Å². The van der Waals surface area contributed by atoms with Crippen LogP contribution in [0.5, 0.6) is 0 Å². The molecule has 0 saturated carbocycles. The van der Waals surface area contributed by atoms with Crippen LogP contribution >= 0.6 is 0 Å². The van der Waals surface area contributed by atoms with Gasteiger partial charge in [-0.15, -0.1) is 0 Å². The Morgan fingerprint density at radius 3 is 2.47 bits per heavy atom. The van der Waals surface area contributed by atoms with Crippen LogP contribution in [0, 0.1) is 11.2 Å². The van der Waals surface area contributed by atoms with E-state index < -0.39 is 0 Å². The van der Waals surface area contributed by atoms with Crippen molar-refractivity contribution in [1.29, 1.82) is 0 Å². The molecule has 96 valence electrons. The minimum atomic E-state index is -0.196. The molecule has 2 nitrogen and oxygen atoms in total. The summed E-state index contributed by atoms with van der Waals surface area (Å²) in [5.41, 5.74) is 1.10. The molecule has 0 unspecified atom stereocenters. The molecule has 17 heavy (non-hydrogen) atoms. The zero-order valence-corrected chi connectivity index (χ0v) is 10.7. The van der Waals surface area contributed by atoms with Crippen LogP contribution < -0.4 is 5.32 Å². The number of aliphatic hydroxyl groups is 1. The van der Waals surface area contributed by atoms with Gasteiger partial charge in [-0.2, -0.15) is 0 Å². The minimum absolute atomic E-state index is 0.0115. The summed E-state index contributed by atoms with van der Waals surface area (Å²) in [6, 6.07) is 6.54. The third-order valence-electron chi connectivity index (χ3n) is 2.88. The Balaban J connectivity index is 2.14. The number of nitrogens with one attached hydrogen (secondary N) is 1. The number of rotatable bonds is 7. The van der Waals surface area contributed by atoms with Crippen LogP contribution in [0.15, 0.2) is 24.3 Å². The van der Waals surface area contributed by atoms with Gasteiger partial charge in [-0.1, -0.05) is 26.0 Å². The van der Waals surface area contributed by atoms with Crippen LogP contribution in [0.25, 0.3) is 0 Å². The summed E-state index contributed by atoms with van der Waals surface area (Å²) in [7, 11) is 0. The van der Waals surface area contributed by atoms with E-state index in [0.29, 0.717) is 0 Å². The van der Waals surface area contributed by atoms with E-state index in [9.17, 15) is 4.39 Å². The summed E-state index contributed by atoms with van der Waals surface area (Å²) in [4.78, 5) is 0. The summed E-state index contributed by atoms with van der Waals surface area (Å²) in [6.45, 7) is 6.03. The van der Waals surface area contributed by atoms with E-state index in [1.165, 1.54) is 12.1 Å². The van der Waals surface area contributed by atoms with Crippen LogP contribution in [-0.4, -0.2) is 18.3 Å². The Morgan fingerprint density at radius 2 is 1.88 bits per heavy atom. The predicted octanol–water partition coefficient (Wildman–Crippen LogP) is 2.71. The first-order valence-electron chi connectivity index (χ1n) is 6.09. The first kappa shape index (κ1) is 14.1. The number of hydrogen-bond acceptors (Lipinski definition) is 2. The largest absolute Gasteiger partial charge is 0.396 e. The third-order valence-corrected chi connectivity index (χ3v) is 2.88. The highest BCUT2D eigenvalue weighted by molar-refractivity contribution is 5.15.